The Morgan fingerprint density at radius 1 is 0.900 bits per heavy atom. The van der Waals surface area contributed by atoms with Crippen molar-refractivity contribution in [3.63, 3.8) is 0 Å². The molecule has 1 atom stereocenters. The maximum absolute atomic E-state index is 13.7. The van der Waals surface area contributed by atoms with Gasteiger partial charge in [0.25, 0.3) is 5.91 Å². The number of allylic oxidation sites excluding steroid dienone is 2. The molecular weight excluding hydrogens is 681 g/mol. The molecule has 5 aromatic rings. The van der Waals surface area contributed by atoms with Gasteiger partial charge in [-0.15, -0.1) is 0 Å². The first-order valence-electron chi connectivity index (χ1n) is 15.4. The van der Waals surface area contributed by atoms with E-state index in [1.54, 1.807) is 81.0 Å². The highest BCUT2D eigenvalue weighted by Crippen LogP contribution is 2.44. The second-order valence-corrected chi connectivity index (χ2v) is 13.4. The molecule has 1 unspecified atom stereocenters. The second-order valence-electron chi connectivity index (χ2n) is 11.6. The van der Waals surface area contributed by atoms with Gasteiger partial charge in [0.15, 0.2) is 4.90 Å². The van der Waals surface area contributed by atoms with Crippen LogP contribution in [0.3, 0.4) is 0 Å². The fourth-order valence-electron chi connectivity index (χ4n) is 6.00. The van der Waals surface area contributed by atoms with E-state index in [2.05, 4.69) is 0 Å². The average molecular weight is 714 g/mol. The van der Waals surface area contributed by atoms with Crippen LogP contribution in [0.25, 0.3) is 28.1 Å². The smallest absolute Gasteiger partial charge is 0.307 e. The summed E-state index contributed by atoms with van der Waals surface area (Å²) in [6.45, 7) is 3.61. The molecule has 6 rings (SSSR count). The zero-order valence-corrected chi connectivity index (χ0v) is 29.2. The van der Waals surface area contributed by atoms with Gasteiger partial charge in [-0.1, -0.05) is 17.7 Å². The summed E-state index contributed by atoms with van der Waals surface area (Å²) in [6, 6.07) is 23.7. The topological polar surface area (TPSA) is 129 Å². The van der Waals surface area contributed by atoms with Crippen LogP contribution in [0.2, 0.25) is 5.02 Å². The first-order chi connectivity index (χ1) is 23.8. The molecule has 0 bridgehead atoms. The highest BCUT2D eigenvalue weighted by atomic mass is 35.5. The number of halogens is 2. The van der Waals surface area contributed by atoms with Gasteiger partial charge in [0, 0.05) is 21.7 Å². The summed E-state index contributed by atoms with van der Waals surface area (Å²) < 4.78 is 31.9. The van der Waals surface area contributed by atoms with Gasteiger partial charge < -0.3 is 19.5 Å². The Hall–Kier alpha value is -5.16. The van der Waals surface area contributed by atoms with E-state index in [4.69, 9.17) is 21.4 Å². The largest absolute Gasteiger partial charge is 0.612 e. The first-order valence-corrected chi connectivity index (χ1v) is 17.3. The molecule has 0 fully saturated rings. The van der Waals surface area contributed by atoms with E-state index in [0.29, 0.717) is 49.6 Å². The van der Waals surface area contributed by atoms with Gasteiger partial charge in [0.1, 0.15) is 17.8 Å². The summed E-state index contributed by atoms with van der Waals surface area (Å²) in [5.74, 6) is -1.91. The Morgan fingerprint density at radius 2 is 1.56 bits per heavy atom. The molecule has 256 valence electrons. The molecule has 0 spiro atoms. The number of hydrogen-bond donors (Lipinski definition) is 2. The molecule has 0 amide bonds. The van der Waals surface area contributed by atoms with E-state index in [-0.39, 0.29) is 24.6 Å². The normalized spacial score (nSPS) is 13.5. The van der Waals surface area contributed by atoms with Gasteiger partial charge in [-0.05, 0) is 149 Å². The Bertz CT molecular complexity index is 2190. The van der Waals surface area contributed by atoms with Crippen molar-refractivity contribution in [2.24, 2.45) is 0 Å². The highest BCUT2D eigenvalue weighted by molar-refractivity contribution is 7.90. The van der Waals surface area contributed by atoms with Crippen LogP contribution in [0, 0.1) is 12.7 Å². The first kappa shape index (κ1) is 36.1. The van der Waals surface area contributed by atoms with Gasteiger partial charge in [-0.25, -0.2) is 4.39 Å². The lowest BCUT2D eigenvalue weighted by Crippen LogP contribution is -2.14. The number of ether oxygens (including phenoxy) is 1. The lowest BCUT2D eigenvalue weighted by Gasteiger charge is -2.08. The molecule has 50 heavy (non-hydrogen) atoms. The summed E-state index contributed by atoms with van der Waals surface area (Å²) in [5, 5.41) is 19.6. The quantitative estimate of drug-likeness (QED) is 0.155. The van der Waals surface area contributed by atoms with Crippen molar-refractivity contribution in [1.82, 2.24) is 4.57 Å². The third kappa shape index (κ3) is 7.68. The maximum Gasteiger partial charge on any atom is 0.307 e. The summed E-state index contributed by atoms with van der Waals surface area (Å²) in [5.41, 5.74) is 7.07. The van der Waals surface area contributed by atoms with Crippen LogP contribution in [-0.2, 0) is 27.2 Å². The Balaban J connectivity index is 0.000000194. The molecule has 8 nitrogen and oxygen atoms in total. The molecule has 4 aromatic carbocycles. The van der Waals surface area contributed by atoms with Crippen molar-refractivity contribution in [3.05, 3.63) is 135 Å². The zero-order valence-electron chi connectivity index (χ0n) is 27.6. The van der Waals surface area contributed by atoms with Crippen molar-refractivity contribution in [2.45, 2.75) is 31.6 Å². The fraction of sp³-hybridized carbons (Fsp3) is 0.154. The van der Waals surface area contributed by atoms with E-state index in [9.17, 15) is 28.4 Å². The van der Waals surface area contributed by atoms with E-state index in [1.807, 2.05) is 25.1 Å². The molecule has 1 heterocycles. The number of carbonyl (C=O) groups is 3. The molecule has 1 aliphatic carbocycles. The lowest BCUT2D eigenvalue weighted by atomic mass is 10.0. The molecule has 1 aromatic heterocycles. The molecule has 0 aliphatic heterocycles. The van der Waals surface area contributed by atoms with Gasteiger partial charge in [0.2, 0.25) is 0 Å². The fourth-order valence-corrected chi connectivity index (χ4v) is 6.65. The minimum absolute atomic E-state index is 0.145. The molecule has 0 radical (unpaired) electrons. The van der Waals surface area contributed by atoms with E-state index >= 15 is 0 Å². The van der Waals surface area contributed by atoms with Crippen molar-refractivity contribution in [1.29, 1.82) is 0 Å². The standard InChI is InChI=1S/C20H17FO3S.C19H16ClNO4/c1-12-17(9-13-3-6-15(7-4-13)25(2)24)16-8-5-14(21)10-19(16)18(12)11-20(22)23;1-11-15(10-18(22)23)16-9-14(25-2)7-8-17(16)21(11)19(24)12-3-5-13(20)6-4-12/h3-10H,11H2,1-2H3,(H,22,23);3-9H,10H2,1-2H3,(H,22,23)/b17-9-;. The second kappa shape index (κ2) is 15.2. The van der Waals surface area contributed by atoms with E-state index < -0.39 is 23.1 Å². The maximum atomic E-state index is 13.7. The number of benzene rings is 4. The summed E-state index contributed by atoms with van der Waals surface area (Å²) in [6.07, 6.45) is 3.26. The number of rotatable bonds is 8. The molecule has 1 aliphatic rings. The number of hydrogen-bond acceptors (Lipinski definition) is 5. The number of carbonyl (C=O) groups excluding carboxylic acids is 1. The summed E-state index contributed by atoms with van der Waals surface area (Å²) in [7, 11) is 1.54. The van der Waals surface area contributed by atoms with Gasteiger partial charge >= 0.3 is 11.9 Å². The Labute approximate surface area is 296 Å². The van der Waals surface area contributed by atoms with Crippen LogP contribution < -0.4 is 4.74 Å². The molecular formula is C39H33ClFNO7S. The highest BCUT2D eigenvalue weighted by Gasteiger charge is 2.26. The van der Waals surface area contributed by atoms with Crippen LogP contribution >= 0.6 is 11.6 Å². The van der Waals surface area contributed by atoms with E-state index in [0.717, 1.165) is 27.2 Å². The third-order valence-electron chi connectivity index (χ3n) is 8.47. The minimum atomic E-state index is -1.04. The van der Waals surface area contributed by atoms with Crippen molar-refractivity contribution >= 4 is 68.7 Å². The summed E-state index contributed by atoms with van der Waals surface area (Å²) >= 11 is 4.85. The van der Waals surface area contributed by atoms with Crippen LogP contribution in [0.4, 0.5) is 4.39 Å². The minimum Gasteiger partial charge on any atom is -0.612 e. The predicted octanol–water partition coefficient (Wildman–Crippen LogP) is 8.29. The molecule has 0 saturated carbocycles. The van der Waals surface area contributed by atoms with Crippen molar-refractivity contribution < 1.29 is 38.3 Å². The van der Waals surface area contributed by atoms with Gasteiger partial charge in [-0.3, -0.25) is 19.0 Å². The van der Waals surface area contributed by atoms with E-state index in [1.165, 1.54) is 16.7 Å². The lowest BCUT2D eigenvalue weighted by molar-refractivity contribution is -0.137. The average Bonchev–Trinajstić information content (AvgIpc) is 3.49. The van der Waals surface area contributed by atoms with Crippen LogP contribution in [0.15, 0.2) is 95.4 Å². The number of methoxy groups -OCH3 is 1. The number of carboxylic acid groups (broad SMARTS) is 2. The zero-order chi connectivity index (χ0) is 36.3. The molecule has 2 N–H and O–H groups in total. The Kier molecular flexibility index (Phi) is 11.0. The van der Waals surface area contributed by atoms with Crippen LogP contribution in [0.1, 0.15) is 51.7 Å². The molecule has 11 heteroatoms. The van der Waals surface area contributed by atoms with Crippen molar-refractivity contribution in [3.8, 4) is 5.75 Å². The summed E-state index contributed by atoms with van der Waals surface area (Å²) in [4.78, 5) is 36.2. The number of aromatic nitrogens is 1. The number of carboxylic acids is 2. The third-order valence-corrected chi connectivity index (χ3v) is 9.66. The van der Waals surface area contributed by atoms with Gasteiger partial charge in [-0.2, -0.15) is 0 Å². The predicted molar refractivity (Wildman–Crippen MR) is 194 cm³/mol. The van der Waals surface area contributed by atoms with Crippen LogP contribution in [-0.4, -0.2) is 50.5 Å². The van der Waals surface area contributed by atoms with Gasteiger partial charge in [0.05, 0.1) is 25.5 Å². The number of nitrogens with zero attached hydrogens (tertiary/aromatic N) is 1. The SMILES string of the molecule is CC1=C(CC(=O)O)c2cc(F)ccc2/C1=C\c1ccc([S+](C)[O-])cc1.COc1ccc2c(c1)c(CC(=O)O)c(C)n2C(=O)c1ccc(Cl)cc1. The Morgan fingerprint density at radius 3 is 2.16 bits per heavy atom. The number of aliphatic carboxylic acids is 2. The van der Waals surface area contributed by atoms with Crippen LogP contribution in [0.5, 0.6) is 5.75 Å². The molecule has 0 saturated heterocycles. The number of fused-ring (bicyclic) bond motifs is 2. The monoisotopic (exact) mass is 713 g/mol. The van der Waals surface area contributed by atoms with Crippen molar-refractivity contribution in [2.75, 3.05) is 13.4 Å².